The fourth-order valence-electron chi connectivity index (χ4n) is 7.11. The van der Waals surface area contributed by atoms with Crippen molar-refractivity contribution >= 4 is 34.1 Å². The molecule has 12 heteroatoms. The highest BCUT2D eigenvalue weighted by molar-refractivity contribution is 6.00. The van der Waals surface area contributed by atoms with Crippen molar-refractivity contribution in [2.45, 2.75) is 19.3 Å². The molecule has 2 amide bonds. The summed E-state index contributed by atoms with van der Waals surface area (Å²) in [7, 11) is 1.67. The van der Waals surface area contributed by atoms with Gasteiger partial charge in [0.15, 0.2) is 5.82 Å². The Balaban J connectivity index is 0.971. The molecule has 50 heavy (non-hydrogen) atoms. The number of halogens is 1. The second kappa shape index (κ2) is 14.7. The van der Waals surface area contributed by atoms with E-state index in [1.807, 2.05) is 35.2 Å². The summed E-state index contributed by atoms with van der Waals surface area (Å²) in [4.78, 5) is 42.6. The van der Waals surface area contributed by atoms with Crippen molar-refractivity contribution in [2.75, 3.05) is 69.7 Å². The third-order valence-corrected chi connectivity index (χ3v) is 9.90. The van der Waals surface area contributed by atoms with Gasteiger partial charge in [-0.1, -0.05) is 0 Å². The average Bonchev–Trinajstić information content (AvgIpc) is 3.77. The lowest BCUT2D eigenvalue weighted by Crippen LogP contribution is -2.51. The molecule has 0 bridgehead atoms. The van der Waals surface area contributed by atoms with E-state index in [0.717, 1.165) is 47.2 Å². The van der Waals surface area contributed by atoms with Crippen molar-refractivity contribution in [3.63, 3.8) is 0 Å². The number of ether oxygens (including phenoxy) is 1. The van der Waals surface area contributed by atoms with Crippen molar-refractivity contribution in [1.29, 1.82) is 0 Å². The summed E-state index contributed by atoms with van der Waals surface area (Å²) in [6, 6.07) is 21.9. The quantitative estimate of drug-likeness (QED) is 0.183. The third-order valence-electron chi connectivity index (χ3n) is 9.90. The summed E-state index contributed by atoms with van der Waals surface area (Å²) >= 11 is 0. The molecule has 0 spiro atoms. The van der Waals surface area contributed by atoms with Crippen molar-refractivity contribution in [1.82, 2.24) is 30.0 Å². The van der Waals surface area contributed by atoms with E-state index in [4.69, 9.17) is 4.74 Å². The fourth-order valence-corrected chi connectivity index (χ4v) is 7.11. The predicted octanol–water partition coefficient (Wildman–Crippen LogP) is 5.23. The summed E-state index contributed by atoms with van der Waals surface area (Å²) < 4.78 is 18.9. The Hall–Kier alpha value is -5.20. The van der Waals surface area contributed by atoms with E-state index in [2.05, 4.69) is 47.4 Å². The standard InChI is InChI=1S/C38H41FN8O3/c1-50-23-2-14-38(37(49)42-30-10-13-33-32(24-30)35(44-43-33)27-4-8-29(39)9-5-27)15-18-45(26-38)25-34(48)47-21-19-46(20-22-47)31-11-6-28(7-12-31)36-40-16-3-17-41-36/h3-13,16-17,24H,2,14-15,18-23,25-26H2,1H3,(H,42,49)(H,43,44). The zero-order valence-electron chi connectivity index (χ0n) is 28.1. The maximum absolute atomic E-state index is 14.1. The van der Waals surface area contributed by atoms with E-state index in [9.17, 15) is 14.0 Å². The molecule has 3 aromatic carbocycles. The molecular weight excluding hydrogens is 635 g/mol. The van der Waals surface area contributed by atoms with Gasteiger partial charge in [0.2, 0.25) is 11.8 Å². The number of aromatic amines is 1. The second-order valence-electron chi connectivity index (χ2n) is 13.1. The van der Waals surface area contributed by atoms with Crippen molar-refractivity contribution in [3.8, 4) is 22.6 Å². The number of anilines is 2. The minimum absolute atomic E-state index is 0.0619. The monoisotopic (exact) mass is 676 g/mol. The summed E-state index contributed by atoms with van der Waals surface area (Å²) in [6.07, 6.45) is 5.52. The number of nitrogens with zero attached hydrogens (tertiary/aromatic N) is 6. The number of hydrogen-bond donors (Lipinski definition) is 2. The van der Waals surface area contributed by atoms with Crippen molar-refractivity contribution in [2.24, 2.45) is 5.41 Å². The number of rotatable bonds is 11. The number of amides is 2. The predicted molar refractivity (Wildman–Crippen MR) is 191 cm³/mol. The zero-order chi connectivity index (χ0) is 34.5. The Bertz CT molecular complexity index is 1930. The molecule has 0 aliphatic carbocycles. The summed E-state index contributed by atoms with van der Waals surface area (Å²) in [6.45, 7) is 4.80. The van der Waals surface area contributed by atoms with Crippen molar-refractivity contribution < 1.29 is 18.7 Å². The molecule has 2 aliphatic rings. The zero-order valence-corrected chi connectivity index (χ0v) is 28.1. The van der Waals surface area contributed by atoms with Crippen molar-refractivity contribution in [3.05, 3.63) is 91.0 Å². The van der Waals surface area contributed by atoms with E-state index in [0.29, 0.717) is 62.8 Å². The molecule has 258 valence electrons. The van der Waals surface area contributed by atoms with Crippen LogP contribution in [0.25, 0.3) is 33.5 Å². The van der Waals surface area contributed by atoms with Gasteiger partial charge >= 0.3 is 0 Å². The number of hydrogen-bond acceptors (Lipinski definition) is 8. The van der Waals surface area contributed by atoms with Gasteiger partial charge in [-0.3, -0.25) is 19.6 Å². The molecule has 0 radical (unpaired) electrons. The normalized spacial score (nSPS) is 18.1. The smallest absolute Gasteiger partial charge is 0.236 e. The number of piperazine rings is 1. The first-order valence-electron chi connectivity index (χ1n) is 17.1. The lowest BCUT2D eigenvalue weighted by atomic mass is 9.81. The molecule has 5 aromatic rings. The number of aromatic nitrogens is 4. The molecule has 2 saturated heterocycles. The minimum Gasteiger partial charge on any atom is -0.385 e. The maximum Gasteiger partial charge on any atom is 0.236 e. The van der Waals surface area contributed by atoms with Gasteiger partial charge in [0.25, 0.3) is 0 Å². The first-order chi connectivity index (χ1) is 24.4. The van der Waals surface area contributed by atoms with Gasteiger partial charge in [-0.2, -0.15) is 5.10 Å². The van der Waals surface area contributed by atoms with E-state index in [1.54, 1.807) is 37.7 Å². The van der Waals surface area contributed by atoms with Gasteiger partial charge in [-0.05, 0) is 98.6 Å². The Morgan fingerprint density at radius 1 is 0.940 bits per heavy atom. The molecule has 2 aromatic heterocycles. The van der Waals surface area contributed by atoms with Gasteiger partial charge in [0.05, 0.1) is 23.2 Å². The molecule has 0 saturated carbocycles. The number of benzene rings is 3. The van der Waals surface area contributed by atoms with Gasteiger partial charge in [0, 0.05) is 86.7 Å². The minimum atomic E-state index is -0.653. The molecule has 7 rings (SSSR count). The lowest BCUT2D eigenvalue weighted by Gasteiger charge is -2.37. The van der Waals surface area contributed by atoms with Crippen LogP contribution in [0.1, 0.15) is 19.3 Å². The average molecular weight is 677 g/mol. The number of nitrogens with one attached hydrogen (secondary N) is 2. The number of carbonyl (C=O) groups excluding carboxylic acids is 2. The Morgan fingerprint density at radius 3 is 2.42 bits per heavy atom. The van der Waals surface area contributed by atoms with Crippen LogP contribution in [0.5, 0.6) is 0 Å². The second-order valence-corrected chi connectivity index (χ2v) is 13.1. The number of H-pyrrole nitrogens is 1. The topological polar surface area (TPSA) is 120 Å². The van der Waals surface area contributed by atoms with Crippen LogP contribution in [0.3, 0.4) is 0 Å². The van der Waals surface area contributed by atoms with E-state index in [-0.39, 0.29) is 24.2 Å². The van der Waals surface area contributed by atoms with Crippen LogP contribution in [0.4, 0.5) is 15.8 Å². The number of carbonyl (C=O) groups is 2. The fraction of sp³-hybridized carbons (Fsp3) is 0.342. The molecule has 4 heterocycles. The summed E-state index contributed by atoms with van der Waals surface area (Å²) in [5.41, 5.74) is 4.38. The van der Waals surface area contributed by atoms with Crippen LogP contribution >= 0.6 is 0 Å². The Kier molecular flexibility index (Phi) is 9.81. The van der Waals surface area contributed by atoms with Crippen LogP contribution in [0.15, 0.2) is 85.2 Å². The van der Waals surface area contributed by atoms with Gasteiger partial charge < -0.3 is 19.9 Å². The third kappa shape index (κ3) is 7.22. The molecule has 11 nitrogen and oxygen atoms in total. The van der Waals surface area contributed by atoms with Crippen LogP contribution in [-0.4, -0.2) is 101 Å². The van der Waals surface area contributed by atoms with E-state index >= 15 is 0 Å². The van der Waals surface area contributed by atoms with Crippen LogP contribution in [0, 0.1) is 11.2 Å². The van der Waals surface area contributed by atoms with Gasteiger partial charge in [-0.15, -0.1) is 0 Å². The van der Waals surface area contributed by atoms with Crippen LogP contribution in [0.2, 0.25) is 0 Å². The highest BCUT2D eigenvalue weighted by atomic mass is 19.1. The lowest BCUT2D eigenvalue weighted by molar-refractivity contribution is -0.133. The van der Waals surface area contributed by atoms with Gasteiger partial charge in [0.1, 0.15) is 5.82 Å². The molecule has 1 atom stereocenters. The number of methoxy groups -OCH3 is 1. The Labute approximate surface area is 290 Å². The highest BCUT2D eigenvalue weighted by Gasteiger charge is 2.44. The maximum atomic E-state index is 14.1. The molecule has 2 aliphatic heterocycles. The number of fused-ring (bicyclic) bond motifs is 1. The first-order valence-corrected chi connectivity index (χ1v) is 17.1. The van der Waals surface area contributed by atoms with Crippen LogP contribution < -0.4 is 10.2 Å². The Morgan fingerprint density at radius 2 is 1.68 bits per heavy atom. The van der Waals surface area contributed by atoms with Gasteiger partial charge in [-0.25, -0.2) is 14.4 Å². The molecular formula is C38H41FN8O3. The highest BCUT2D eigenvalue weighted by Crippen LogP contribution is 2.37. The van der Waals surface area contributed by atoms with E-state index < -0.39 is 5.41 Å². The van der Waals surface area contributed by atoms with E-state index in [1.165, 1.54) is 12.1 Å². The largest absolute Gasteiger partial charge is 0.385 e. The molecule has 1 unspecified atom stereocenters. The number of likely N-dealkylation sites (tertiary alicyclic amines) is 1. The summed E-state index contributed by atoms with van der Waals surface area (Å²) in [5, 5.41) is 11.5. The summed E-state index contributed by atoms with van der Waals surface area (Å²) in [5.74, 6) is 0.415. The van der Waals surface area contributed by atoms with Crippen LogP contribution in [-0.2, 0) is 14.3 Å². The molecule has 2 fully saturated rings. The molecule has 2 N–H and O–H groups in total. The SMILES string of the molecule is COCCCC1(C(=O)Nc2ccc3[nH]nc(-c4ccc(F)cc4)c3c2)CCN(CC(=O)N2CCN(c3ccc(-c4ncccn4)cc3)CC2)C1. The first kappa shape index (κ1) is 33.3.